The summed E-state index contributed by atoms with van der Waals surface area (Å²) in [6, 6.07) is 18.3. The molecule has 0 radical (unpaired) electrons. The standard InChI is InChI=1S/C25H30N2O3/c28-24(23-7-4-14-27(16-23)25(29)22-12-13-22)26-15-19-8-10-21(11-9-19)18-30-17-20-5-2-1-3-6-20/h1-3,5-6,8-11,22-23H,4,7,12-18H2,(H,26,28). The maximum atomic E-state index is 12.6. The van der Waals surface area contributed by atoms with Crippen LogP contribution in [0, 0.1) is 11.8 Å². The molecule has 0 bridgehead atoms. The lowest BCUT2D eigenvalue weighted by Gasteiger charge is -2.32. The van der Waals surface area contributed by atoms with E-state index in [0.29, 0.717) is 26.3 Å². The van der Waals surface area contributed by atoms with Crippen molar-refractivity contribution in [3.05, 3.63) is 71.3 Å². The number of amides is 2. The Kier molecular flexibility index (Phi) is 6.80. The molecule has 2 amide bonds. The molecule has 0 aromatic heterocycles. The molecular weight excluding hydrogens is 376 g/mol. The van der Waals surface area contributed by atoms with Crippen molar-refractivity contribution in [1.29, 1.82) is 0 Å². The number of hydrogen-bond donors (Lipinski definition) is 1. The van der Waals surface area contributed by atoms with Gasteiger partial charge in [0.05, 0.1) is 19.1 Å². The summed E-state index contributed by atoms with van der Waals surface area (Å²) in [6.45, 7) is 3.04. The summed E-state index contributed by atoms with van der Waals surface area (Å²) in [7, 11) is 0. The van der Waals surface area contributed by atoms with Crippen LogP contribution in [0.3, 0.4) is 0 Å². The monoisotopic (exact) mass is 406 g/mol. The van der Waals surface area contributed by atoms with Crippen LogP contribution in [-0.2, 0) is 34.1 Å². The van der Waals surface area contributed by atoms with E-state index < -0.39 is 0 Å². The molecule has 1 unspecified atom stereocenters. The van der Waals surface area contributed by atoms with E-state index in [2.05, 4.69) is 17.4 Å². The molecule has 1 atom stereocenters. The van der Waals surface area contributed by atoms with Crippen LogP contribution in [0.2, 0.25) is 0 Å². The summed E-state index contributed by atoms with van der Waals surface area (Å²) in [6.07, 6.45) is 3.80. The van der Waals surface area contributed by atoms with Gasteiger partial charge < -0.3 is 15.0 Å². The molecule has 2 fully saturated rings. The Bertz CT molecular complexity index is 846. The number of nitrogens with zero attached hydrogens (tertiary/aromatic N) is 1. The SMILES string of the molecule is O=C(NCc1ccc(COCc2ccccc2)cc1)C1CCCN(C(=O)C2CC2)C1. The average molecular weight is 407 g/mol. The first kappa shape index (κ1) is 20.6. The lowest BCUT2D eigenvalue weighted by Crippen LogP contribution is -2.45. The first-order valence-corrected chi connectivity index (χ1v) is 10.9. The Morgan fingerprint density at radius 2 is 1.53 bits per heavy atom. The molecule has 5 heteroatoms. The number of likely N-dealkylation sites (tertiary alicyclic amines) is 1. The molecule has 1 saturated heterocycles. The van der Waals surface area contributed by atoms with Gasteiger partial charge in [-0.1, -0.05) is 54.6 Å². The van der Waals surface area contributed by atoms with E-state index in [9.17, 15) is 9.59 Å². The zero-order valence-corrected chi connectivity index (χ0v) is 17.4. The molecule has 2 aromatic rings. The number of nitrogens with one attached hydrogen (secondary N) is 1. The van der Waals surface area contributed by atoms with Gasteiger partial charge in [0.15, 0.2) is 0 Å². The van der Waals surface area contributed by atoms with Gasteiger partial charge in [-0.05, 0) is 42.4 Å². The van der Waals surface area contributed by atoms with Crippen molar-refractivity contribution >= 4 is 11.8 Å². The van der Waals surface area contributed by atoms with E-state index in [1.807, 2.05) is 47.4 Å². The van der Waals surface area contributed by atoms with Crippen molar-refractivity contribution < 1.29 is 14.3 Å². The second kappa shape index (κ2) is 9.90. The Morgan fingerprint density at radius 3 is 2.23 bits per heavy atom. The Labute approximate surface area is 178 Å². The van der Waals surface area contributed by atoms with Gasteiger partial charge in [-0.3, -0.25) is 9.59 Å². The third kappa shape index (κ3) is 5.70. The molecule has 30 heavy (non-hydrogen) atoms. The highest BCUT2D eigenvalue weighted by Crippen LogP contribution is 2.32. The average Bonchev–Trinajstić information content (AvgIpc) is 3.64. The topological polar surface area (TPSA) is 58.6 Å². The fraction of sp³-hybridized carbons (Fsp3) is 0.440. The number of carbonyl (C=O) groups is 2. The second-order valence-corrected chi connectivity index (χ2v) is 8.41. The van der Waals surface area contributed by atoms with Crippen molar-refractivity contribution in [2.24, 2.45) is 11.8 Å². The summed E-state index contributed by atoms with van der Waals surface area (Å²) in [5.74, 6) is 0.435. The molecule has 0 spiro atoms. The number of benzene rings is 2. The fourth-order valence-electron chi connectivity index (χ4n) is 3.93. The third-order valence-electron chi connectivity index (χ3n) is 5.90. The van der Waals surface area contributed by atoms with E-state index in [1.165, 1.54) is 0 Å². The first-order chi connectivity index (χ1) is 14.7. The fourth-order valence-corrected chi connectivity index (χ4v) is 3.93. The summed E-state index contributed by atoms with van der Waals surface area (Å²) >= 11 is 0. The number of carbonyl (C=O) groups excluding carboxylic acids is 2. The van der Waals surface area contributed by atoms with Crippen molar-refractivity contribution in [2.45, 2.75) is 45.4 Å². The predicted octanol–water partition coefficient (Wildman–Crippen LogP) is 3.67. The molecule has 2 aromatic carbocycles. The van der Waals surface area contributed by atoms with Crippen LogP contribution in [0.5, 0.6) is 0 Å². The highest BCUT2D eigenvalue weighted by molar-refractivity contribution is 5.83. The molecular formula is C25H30N2O3. The maximum absolute atomic E-state index is 12.6. The van der Waals surface area contributed by atoms with Gasteiger partial charge in [0.1, 0.15) is 0 Å². The summed E-state index contributed by atoms with van der Waals surface area (Å²) < 4.78 is 5.77. The normalized spacial score (nSPS) is 18.8. The van der Waals surface area contributed by atoms with Crippen LogP contribution in [0.1, 0.15) is 42.4 Å². The zero-order chi connectivity index (χ0) is 20.8. The van der Waals surface area contributed by atoms with E-state index in [1.54, 1.807) is 0 Å². The highest BCUT2D eigenvalue weighted by atomic mass is 16.5. The third-order valence-corrected chi connectivity index (χ3v) is 5.90. The van der Waals surface area contributed by atoms with Gasteiger partial charge in [-0.15, -0.1) is 0 Å². The molecule has 1 heterocycles. The Morgan fingerprint density at radius 1 is 0.867 bits per heavy atom. The van der Waals surface area contributed by atoms with Gasteiger partial charge >= 0.3 is 0 Å². The Balaban J connectivity index is 1.19. The van der Waals surface area contributed by atoms with Crippen molar-refractivity contribution in [2.75, 3.05) is 13.1 Å². The number of hydrogen-bond acceptors (Lipinski definition) is 3. The predicted molar refractivity (Wildman–Crippen MR) is 115 cm³/mol. The van der Waals surface area contributed by atoms with Crippen LogP contribution in [0.15, 0.2) is 54.6 Å². The smallest absolute Gasteiger partial charge is 0.225 e. The minimum absolute atomic E-state index is 0.0542. The van der Waals surface area contributed by atoms with Crippen molar-refractivity contribution in [3.8, 4) is 0 Å². The van der Waals surface area contributed by atoms with Crippen LogP contribution in [0.4, 0.5) is 0 Å². The van der Waals surface area contributed by atoms with Crippen LogP contribution in [0.25, 0.3) is 0 Å². The van der Waals surface area contributed by atoms with E-state index in [-0.39, 0.29) is 23.7 Å². The molecule has 158 valence electrons. The molecule has 4 rings (SSSR count). The van der Waals surface area contributed by atoms with Gasteiger partial charge in [-0.25, -0.2) is 0 Å². The quantitative estimate of drug-likeness (QED) is 0.728. The van der Waals surface area contributed by atoms with E-state index in [0.717, 1.165) is 48.9 Å². The summed E-state index contributed by atoms with van der Waals surface area (Å²) in [4.78, 5) is 26.8. The summed E-state index contributed by atoms with van der Waals surface area (Å²) in [5.41, 5.74) is 3.34. The van der Waals surface area contributed by atoms with Crippen LogP contribution in [-0.4, -0.2) is 29.8 Å². The molecule has 1 N–H and O–H groups in total. The van der Waals surface area contributed by atoms with Gasteiger partial charge in [0.25, 0.3) is 0 Å². The molecule has 1 saturated carbocycles. The van der Waals surface area contributed by atoms with Crippen LogP contribution >= 0.6 is 0 Å². The zero-order valence-electron chi connectivity index (χ0n) is 17.4. The number of rotatable bonds is 8. The van der Waals surface area contributed by atoms with Gasteiger partial charge in [-0.2, -0.15) is 0 Å². The highest BCUT2D eigenvalue weighted by Gasteiger charge is 2.36. The minimum Gasteiger partial charge on any atom is -0.372 e. The van der Waals surface area contributed by atoms with Gasteiger partial charge in [0, 0.05) is 25.6 Å². The largest absolute Gasteiger partial charge is 0.372 e. The molecule has 1 aliphatic heterocycles. The van der Waals surface area contributed by atoms with E-state index >= 15 is 0 Å². The number of ether oxygens (including phenoxy) is 1. The lowest BCUT2D eigenvalue weighted by atomic mass is 9.96. The maximum Gasteiger partial charge on any atom is 0.225 e. The van der Waals surface area contributed by atoms with Crippen LogP contribution < -0.4 is 5.32 Å². The van der Waals surface area contributed by atoms with E-state index in [4.69, 9.17) is 4.74 Å². The van der Waals surface area contributed by atoms with Crippen molar-refractivity contribution in [3.63, 3.8) is 0 Å². The Hall–Kier alpha value is -2.66. The molecule has 1 aliphatic carbocycles. The molecule has 5 nitrogen and oxygen atoms in total. The first-order valence-electron chi connectivity index (χ1n) is 10.9. The van der Waals surface area contributed by atoms with Gasteiger partial charge in [0.2, 0.25) is 11.8 Å². The summed E-state index contributed by atoms with van der Waals surface area (Å²) in [5, 5.41) is 3.05. The van der Waals surface area contributed by atoms with Crippen molar-refractivity contribution in [1.82, 2.24) is 10.2 Å². The minimum atomic E-state index is -0.0906. The number of piperidine rings is 1. The molecule has 2 aliphatic rings. The second-order valence-electron chi connectivity index (χ2n) is 8.41. The lowest BCUT2D eigenvalue weighted by molar-refractivity contribution is -0.136.